The number of ether oxygens (including phenoxy) is 1. The zero-order chi connectivity index (χ0) is 32.4. The van der Waals surface area contributed by atoms with Crippen molar-refractivity contribution in [1.29, 1.82) is 0 Å². The first-order valence-electron chi connectivity index (χ1n) is 14.6. The fourth-order valence-electron chi connectivity index (χ4n) is 5.76. The number of fused-ring (bicyclic) bond motifs is 1. The maximum atomic E-state index is 16.2. The van der Waals surface area contributed by atoms with Crippen LogP contribution in [0, 0.1) is 18.2 Å². The van der Waals surface area contributed by atoms with Gasteiger partial charge >= 0.3 is 6.01 Å². The van der Waals surface area contributed by atoms with Crippen LogP contribution in [0.3, 0.4) is 0 Å². The molecule has 2 atom stereocenters. The van der Waals surface area contributed by atoms with Gasteiger partial charge in [0.25, 0.3) is 5.91 Å². The Kier molecular flexibility index (Phi) is 9.00. The first-order valence-corrected chi connectivity index (χ1v) is 15.5. The van der Waals surface area contributed by atoms with E-state index in [0.717, 1.165) is 43.7 Å². The number of hydrogen-bond acceptors (Lipinski definition) is 10. The molecule has 0 unspecified atom stereocenters. The highest BCUT2D eigenvalue weighted by Crippen LogP contribution is 2.35. The van der Waals surface area contributed by atoms with Crippen molar-refractivity contribution in [3.63, 3.8) is 0 Å². The van der Waals surface area contributed by atoms with E-state index in [1.54, 1.807) is 10.3 Å². The number of benzene rings is 1. The summed E-state index contributed by atoms with van der Waals surface area (Å²) in [5.41, 5.74) is -0.771. The van der Waals surface area contributed by atoms with E-state index < -0.39 is 29.4 Å². The third-order valence-electron chi connectivity index (χ3n) is 8.18. The van der Waals surface area contributed by atoms with E-state index in [4.69, 9.17) is 11.3 Å². The van der Waals surface area contributed by atoms with E-state index in [-0.39, 0.29) is 78.6 Å². The van der Waals surface area contributed by atoms with Crippen LogP contribution in [0.1, 0.15) is 17.8 Å². The van der Waals surface area contributed by atoms with Crippen LogP contribution in [0.15, 0.2) is 41.8 Å². The highest BCUT2D eigenvalue weighted by molar-refractivity contribution is 7.10. The molecule has 0 spiro atoms. The minimum atomic E-state index is -0.989. The summed E-state index contributed by atoms with van der Waals surface area (Å²) >= 11 is 1.19. The van der Waals surface area contributed by atoms with Crippen LogP contribution >= 0.6 is 11.3 Å². The predicted octanol–water partition coefficient (Wildman–Crippen LogP) is 4.55. The molecule has 46 heavy (non-hydrogen) atoms. The van der Waals surface area contributed by atoms with Crippen molar-refractivity contribution in [3.05, 3.63) is 69.9 Å². The molecule has 0 aliphatic carbocycles. The molecule has 6 rings (SSSR count). The minimum absolute atomic E-state index is 0.0508. The van der Waals surface area contributed by atoms with Crippen molar-refractivity contribution in [3.8, 4) is 23.0 Å². The Morgan fingerprint density at radius 2 is 2.07 bits per heavy atom. The largest absolute Gasteiger partial charge is 0.508 e. The number of halogens is 3. The standard InChI is InChI=1S/C31H29F3N8O3S/c1-35-14-19-16-41(9-10-42(19)30(44)24(33)13-25-36-7-11-46-25)29-22-15-37-27(21-12-20(43)5-6-23(21)32)26(34)28(22)38-31(39-29)45-17-18-4-3-8-40(18)2/h5-7,11-13,15,18-19,43H,3-4,8-10,14,16-17H2,2H3/b24-13-/t18-,19-/m0/s1. The van der Waals surface area contributed by atoms with Crippen LogP contribution in [0.25, 0.3) is 33.1 Å². The number of aromatic hydroxyl groups is 1. The number of carbonyl (C=O) groups excluding carboxylic acids is 1. The van der Waals surface area contributed by atoms with Crippen LogP contribution in [0.5, 0.6) is 11.8 Å². The number of rotatable bonds is 8. The van der Waals surface area contributed by atoms with E-state index in [1.807, 2.05) is 7.05 Å². The number of aromatic nitrogens is 4. The summed E-state index contributed by atoms with van der Waals surface area (Å²) in [6.07, 6.45) is 5.82. The Bertz CT molecular complexity index is 1830. The van der Waals surface area contributed by atoms with Gasteiger partial charge in [0.2, 0.25) is 6.54 Å². The number of nitrogens with zero attached hydrogens (tertiary/aromatic N) is 8. The molecule has 2 fully saturated rings. The van der Waals surface area contributed by atoms with Crippen LogP contribution in [-0.4, -0.2) is 99.2 Å². The molecule has 15 heteroatoms. The highest BCUT2D eigenvalue weighted by Gasteiger charge is 2.36. The second-order valence-corrected chi connectivity index (χ2v) is 12.0. The molecular formula is C31H29F3N8O3S. The van der Waals surface area contributed by atoms with Crippen molar-refractivity contribution in [1.82, 2.24) is 29.7 Å². The molecule has 1 N–H and O–H groups in total. The van der Waals surface area contributed by atoms with Crippen molar-refractivity contribution in [2.45, 2.75) is 24.9 Å². The SMILES string of the molecule is [C-]#[N+]C[C@H]1CN(c2nc(OC[C@@H]3CCCN3C)nc3c(F)c(-c4cc(O)ccc4F)ncc23)CCN1C(=O)/C(F)=C/c1nccs1. The smallest absolute Gasteiger partial charge is 0.319 e. The Hall–Kier alpha value is -4.81. The summed E-state index contributed by atoms with van der Waals surface area (Å²) in [4.78, 5) is 39.0. The zero-order valence-corrected chi connectivity index (χ0v) is 25.6. The summed E-state index contributed by atoms with van der Waals surface area (Å²) in [5.74, 6) is -3.58. The number of anilines is 1. The van der Waals surface area contributed by atoms with E-state index in [1.165, 1.54) is 28.6 Å². The molecule has 4 aromatic rings. The van der Waals surface area contributed by atoms with E-state index in [9.17, 15) is 18.7 Å². The molecule has 11 nitrogen and oxygen atoms in total. The number of likely N-dealkylation sites (tertiary alicyclic amines) is 1. The molecule has 0 radical (unpaired) electrons. The summed E-state index contributed by atoms with van der Waals surface area (Å²) in [7, 11) is 1.99. The Morgan fingerprint density at radius 3 is 2.80 bits per heavy atom. The van der Waals surface area contributed by atoms with Crippen LogP contribution in [0.2, 0.25) is 0 Å². The average Bonchev–Trinajstić information content (AvgIpc) is 3.72. The fourth-order valence-corrected chi connectivity index (χ4v) is 6.31. The fraction of sp³-hybridized carbons (Fsp3) is 0.355. The molecule has 1 amide bonds. The number of piperazine rings is 1. The number of phenolic OH excluding ortho intramolecular Hbond substituents is 1. The highest BCUT2D eigenvalue weighted by atomic mass is 32.1. The lowest BCUT2D eigenvalue weighted by molar-refractivity contribution is -0.130. The molecule has 2 aliphatic heterocycles. The second-order valence-electron chi connectivity index (χ2n) is 11.1. The van der Waals surface area contributed by atoms with Gasteiger partial charge in [-0.15, -0.1) is 11.3 Å². The van der Waals surface area contributed by atoms with E-state index in [2.05, 4.69) is 29.7 Å². The number of thiazole rings is 1. The van der Waals surface area contributed by atoms with Gasteiger partial charge in [-0.2, -0.15) is 9.97 Å². The minimum Gasteiger partial charge on any atom is -0.508 e. The van der Waals surface area contributed by atoms with Crippen LogP contribution < -0.4 is 9.64 Å². The van der Waals surface area contributed by atoms with Crippen LogP contribution in [-0.2, 0) is 4.79 Å². The lowest BCUT2D eigenvalue weighted by Crippen LogP contribution is -2.56. The number of pyridine rings is 1. The topological polar surface area (TPSA) is 112 Å². The maximum absolute atomic E-state index is 16.2. The summed E-state index contributed by atoms with van der Waals surface area (Å²) < 4.78 is 51.9. The number of hydrogen-bond donors (Lipinski definition) is 1. The summed E-state index contributed by atoms with van der Waals surface area (Å²) in [6.45, 7) is 8.86. The quantitative estimate of drug-likeness (QED) is 0.217. The van der Waals surface area contributed by atoms with Crippen molar-refractivity contribution in [2.75, 3.05) is 51.3 Å². The lowest BCUT2D eigenvalue weighted by atomic mass is 10.1. The molecule has 2 aliphatic rings. The zero-order valence-electron chi connectivity index (χ0n) is 24.7. The second kappa shape index (κ2) is 13.3. The van der Waals surface area contributed by atoms with Crippen molar-refractivity contribution >= 4 is 40.0 Å². The number of carbonyl (C=O) groups is 1. The third-order valence-corrected chi connectivity index (χ3v) is 8.90. The van der Waals surface area contributed by atoms with Gasteiger partial charge in [-0.05, 0) is 44.6 Å². The van der Waals surface area contributed by atoms with Gasteiger partial charge in [0.15, 0.2) is 11.6 Å². The van der Waals surface area contributed by atoms with Gasteiger partial charge in [0, 0.05) is 55.1 Å². The molecule has 0 saturated carbocycles. The van der Waals surface area contributed by atoms with Gasteiger partial charge in [-0.1, -0.05) is 0 Å². The van der Waals surface area contributed by atoms with E-state index >= 15 is 4.39 Å². The molecular weight excluding hydrogens is 621 g/mol. The Balaban J connectivity index is 1.36. The monoisotopic (exact) mass is 650 g/mol. The summed E-state index contributed by atoms with van der Waals surface area (Å²) in [5, 5.41) is 12.1. The molecule has 5 heterocycles. The number of phenols is 1. The van der Waals surface area contributed by atoms with Gasteiger partial charge in [0.1, 0.15) is 46.3 Å². The van der Waals surface area contributed by atoms with Crippen molar-refractivity contribution in [2.24, 2.45) is 0 Å². The Labute approximate surface area is 266 Å². The molecule has 238 valence electrons. The van der Waals surface area contributed by atoms with Crippen LogP contribution in [0.4, 0.5) is 19.0 Å². The number of amides is 1. The lowest BCUT2D eigenvalue weighted by Gasteiger charge is -2.39. The molecule has 2 saturated heterocycles. The number of likely N-dealkylation sites (N-methyl/N-ethyl adjacent to an activating group) is 1. The van der Waals surface area contributed by atoms with E-state index in [0.29, 0.717) is 5.01 Å². The average molecular weight is 651 g/mol. The normalized spacial score (nSPS) is 19.1. The first-order chi connectivity index (χ1) is 22.2. The molecule has 0 bridgehead atoms. The van der Waals surface area contributed by atoms with Crippen molar-refractivity contribution < 1.29 is 27.8 Å². The maximum Gasteiger partial charge on any atom is 0.319 e. The van der Waals surface area contributed by atoms with Gasteiger partial charge in [0.05, 0.1) is 5.39 Å². The van der Waals surface area contributed by atoms with Gasteiger partial charge in [-0.3, -0.25) is 9.78 Å². The summed E-state index contributed by atoms with van der Waals surface area (Å²) in [6, 6.07) is 2.54. The predicted molar refractivity (Wildman–Crippen MR) is 166 cm³/mol. The Morgan fingerprint density at radius 1 is 1.22 bits per heavy atom. The first kappa shape index (κ1) is 31.2. The molecule has 1 aromatic carbocycles. The van der Waals surface area contributed by atoms with Gasteiger partial charge < -0.3 is 29.4 Å². The van der Waals surface area contributed by atoms with Gasteiger partial charge in [-0.25, -0.2) is 24.7 Å². The molecule has 3 aromatic heterocycles. The third kappa shape index (κ3) is 6.31.